The molecular weight excluding hydrogens is 476 g/mol. The van der Waals surface area contributed by atoms with Crippen LogP contribution in [-0.4, -0.2) is 48.4 Å². The molecule has 4 rings (SSSR count). The van der Waals surface area contributed by atoms with Crippen molar-refractivity contribution < 1.29 is 14.3 Å². The van der Waals surface area contributed by atoms with E-state index in [-0.39, 0.29) is 11.9 Å². The summed E-state index contributed by atoms with van der Waals surface area (Å²) < 4.78 is 5.95. The molecule has 1 atom stereocenters. The molecule has 0 N–H and O–H groups in total. The molecule has 2 heterocycles. The van der Waals surface area contributed by atoms with Gasteiger partial charge in [-0.15, -0.1) is 0 Å². The number of aryl methyl sites for hydroxylation is 1. The zero-order valence-electron chi connectivity index (χ0n) is 20.4. The molecule has 1 aliphatic heterocycles. The standard InChI is InChI=1S/C28H29ClN4O3/c1-4-28(35)32-14-12-23(17-32)33(19-34)26-11-13-30-16-27(26)31(3)22-6-8-24(9-7-22)36-18-21-5-10-25(29)20(2)15-21/h4-11,13,15-16,19,23H,1,12,14,17-18H2,2-3H3. The van der Waals surface area contributed by atoms with Crippen molar-refractivity contribution in [3.63, 3.8) is 0 Å². The van der Waals surface area contributed by atoms with Gasteiger partial charge in [0.25, 0.3) is 0 Å². The van der Waals surface area contributed by atoms with Crippen LogP contribution in [0, 0.1) is 6.92 Å². The Morgan fingerprint density at radius 3 is 2.69 bits per heavy atom. The molecule has 1 aromatic heterocycles. The summed E-state index contributed by atoms with van der Waals surface area (Å²) in [5.41, 5.74) is 4.50. The molecule has 0 aliphatic carbocycles. The highest BCUT2D eigenvalue weighted by Crippen LogP contribution is 2.35. The summed E-state index contributed by atoms with van der Waals surface area (Å²) in [4.78, 5) is 33.8. The molecule has 0 radical (unpaired) electrons. The van der Waals surface area contributed by atoms with Crippen LogP contribution in [0.5, 0.6) is 5.75 Å². The van der Waals surface area contributed by atoms with Crippen molar-refractivity contribution in [1.29, 1.82) is 0 Å². The van der Waals surface area contributed by atoms with E-state index < -0.39 is 0 Å². The highest BCUT2D eigenvalue weighted by atomic mass is 35.5. The van der Waals surface area contributed by atoms with Gasteiger partial charge in [-0.2, -0.15) is 0 Å². The molecule has 1 fully saturated rings. The number of rotatable bonds is 9. The molecule has 0 spiro atoms. The van der Waals surface area contributed by atoms with E-state index in [0.29, 0.717) is 26.1 Å². The predicted molar refractivity (Wildman–Crippen MR) is 143 cm³/mol. The van der Waals surface area contributed by atoms with Crippen LogP contribution in [0.1, 0.15) is 17.5 Å². The molecule has 7 nitrogen and oxygen atoms in total. The van der Waals surface area contributed by atoms with Crippen LogP contribution in [-0.2, 0) is 16.2 Å². The van der Waals surface area contributed by atoms with Gasteiger partial charge in [0.1, 0.15) is 12.4 Å². The van der Waals surface area contributed by atoms with Crippen LogP contribution in [0.25, 0.3) is 0 Å². The molecule has 2 aromatic carbocycles. The fourth-order valence-electron chi connectivity index (χ4n) is 4.36. The Bertz CT molecular complexity index is 1250. The molecule has 36 heavy (non-hydrogen) atoms. The third kappa shape index (κ3) is 5.52. The van der Waals surface area contributed by atoms with Crippen LogP contribution in [0.4, 0.5) is 17.1 Å². The number of carbonyl (C=O) groups is 2. The van der Waals surface area contributed by atoms with Crippen LogP contribution >= 0.6 is 11.6 Å². The maximum Gasteiger partial charge on any atom is 0.246 e. The van der Waals surface area contributed by atoms with E-state index >= 15 is 0 Å². The fraction of sp³-hybridized carbons (Fsp3) is 0.250. The third-order valence-corrected chi connectivity index (χ3v) is 6.85. The summed E-state index contributed by atoms with van der Waals surface area (Å²) in [5.74, 6) is 0.627. The number of nitrogens with zero attached hydrogens (tertiary/aromatic N) is 4. The fourth-order valence-corrected chi connectivity index (χ4v) is 4.48. The number of benzene rings is 2. The van der Waals surface area contributed by atoms with Crippen LogP contribution in [0.3, 0.4) is 0 Å². The van der Waals surface area contributed by atoms with Crippen molar-refractivity contribution in [3.8, 4) is 5.75 Å². The zero-order chi connectivity index (χ0) is 25.7. The van der Waals surface area contributed by atoms with Crippen molar-refractivity contribution in [3.05, 3.63) is 89.7 Å². The van der Waals surface area contributed by atoms with Crippen molar-refractivity contribution >= 4 is 41.0 Å². The van der Waals surface area contributed by atoms with E-state index in [9.17, 15) is 9.59 Å². The van der Waals surface area contributed by atoms with E-state index in [1.165, 1.54) is 6.08 Å². The molecular formula is C28H29ClN4O3. The Labute approximate surface area is 216 Å². The lowest BCUT2D eigenvalue weighted by atomic mass is 10.1. The SMILES string of the molecule is C=CC(=O)N1CCC(N(C=O)c2ccncc2N(C)c2ccc(OCc3ccc(Cl)c(C)c3)cc2)C1. The van der Waals surface area contributed by atoms with Gasteiger partial charge in [0.05, 0.1) is 23.6 Å². The molecule has 1 aliphatic rings. The van der Waals surface area contributed by atoms with E-state index in [0.717, 1.165) is 45.4 Å². The normalized spacial score (nSPS) is 14.9. The van der Waals surface area contributed by atoms with Crippen LogP contribution < -0.4 is 14.5 Å². The van der Waals surface area contributed by atoms with Gasteiger partial charge in [0, 0.05) is 37.0 Å². The number of hydrogen-bond acceptors (Lipinski definition) is 5. The highest BCUT2D eigenvalue weighted by molar-refractivity contribution is 6.31. The van der Waals surface area contributed by atoms with Gasteiger partial charge < -0.3 is 19.4 Å². The molecule has 1 unspecified atom stereocenters. The van der Waals surface area contributed by atoms with Gasteiger partial charge in [-0.05, 0) is 66.9 Å². The number of carbonyl (C=O) groups excluding carboxylic acids is 2. The summed E-state index contributed by atoms with van der Waals surface area (Å²) >= 11 is 6.11. The van der Waals surface area contributed by atoms with Gasteiger partial charge in [0.2, 0.25) is 12.3 Å². The maximum atomic E-state index is 12.2. The number of aromatic nitrogens is 1. The first-order valence-electron chi connectivity index (χ1n) is 11.7. The molecule has 0 bridgehead atoms. The smallest absolute Gasteiger partial charge is 0.246 e. The van der Waals surface area contributed by atoms with Gasteiger partial charge in [0.15, 0.2) is 0 Å². The largest absolute Gasteiger partial charge is 0.489 e. The van der Waals surface area contributed by atoms with Crippen LogP contribution in [0.15, 0.2) is 73.6 Å². The van der Waals surface area contributed by atoms with E-state index in [1.54, 1.807) is 22.2 Å². The second kappa shape index (κ2) is 11.3. The van der Waals surface area contributed by atoms with Crippen LogP contribution in [0.2, 0.25) is 5.02 Å². The first kappa shape index (κ1) is 25.3. The summed E-state index contributed by atoms with van der Waals surface area (Å²) in [6, 6.07) is 15.3. The summed E-state index contributed by atoms with van der Waals surface area (Å²) in [6.07, 6.45) is 6.24. The van der Waals surface area contributed by atoms with Crippen molar-refractivity contribution in [2.75, 3.05) is 29.9 Å². The van der Waals surface area contributed by atoms with Gasteiger partial charge in [-0.1, -0.05) is 30.3 Å². The number of amides is 2. The molecule has 0 saturated carbocycles. The quantitative estimate of drug-likeness (QED) is 0.298. The minimum atomic E-state index is -0.121. The van der Waals surface area contributed by atoms with Gasteiger partial charge >= 0.3 is 0 Å². The molecule has 186 valence electrons. The number of ether oxygens (including phenoxy) is 1. The van der Waals surface area contributed by atoms with Crippen molar-refractivity contribution in [1.82, 2.24) is 9.88 Å². The number of halogens is 1. The first-order chi connectivity index (χ1) is 17.4. The van der Waals surface area contributed by atoms with E-state index in [1.807, 2.05) is 67.4 Å². The molecule has 3 aromatic rings. The lowest BCUT2D eigenvalue weighted by Gasteiger charge is -2.30. The zero-order valence-corrected chi connectivity index (χ0v) is 21.2. The number of likely N-dealkylation sites (tertiary alicyclic amines) is 1. The maximum absolute atomic E-state index is 12.2. The van der Waals surface area contributed by atoms with E-state index in [4.69, 9.17) is 16.3 Å². The molecule has 2 amide bonds. The Kier molecular flexibility index (Phi) is 7.90. The average Bonchev–Trinajstić information content (AvgIpc) is 3.39. The molecule has 8 heteroatoms. The van der Waals surface area contributed by atoms with E-state index in [2.05, 4.69) is 11.6 Å². The Hall–Kier alpha value is -3.84. The predicted octanol–water partition coefficient (Wildman–Crippen LogP) is 5.14. The second-order valence-electron chi connectivity index (χ2n) is 8.73. The monoisotopic (exact) mass is 504 g/mol. The minimum Gasteiger partial charge on any atom is -0.489 e. The number of pyridine rings is 1. The lowest BCUT2D eigenvalue weighted by Crippen LogP contribution is -2.38. The Balaban J connectivity index is 1.48. The van der Waals surface area contributed by atoms with Gasteiger partial charge in [-0.25, -0.2) is 0 Å². The van der Waals surface area contributed by atoms with Crippen molar-refractivity contribution in [2.45, 2.75) is 26.0 Å². The number of anilines is 3. The summed E-state index contributed by atoms with van der Waals surface area (Å²) in [7, 11) is 1.93. The minimum absolute atomic E-state index is 0.117. The van der Waals surface area contributed by atoms with Crippen molar-refractivity contribution in [2.24, 2.45) is 0 Å². The highest BCUT2D eigenvalue weighted by Gasteiger charge is 2.31. The number of hydrogen-bond donors (Lipinski definition) is 0. The first-order valence-corrected chi connectivity index (χ1v) is 12.1. The summed E-state index contributed by atoms with van der Waals surface area (Å²) in [6.45, 7) is 7.03. The van der Waals surface area contributed by atoms with Gasteiger partial charge in [-0.3, -0.25) is 14.6 Å². The Morgan fingerprint density at radius 1 is 1.22 bits per heavy atom. The lowest BCUT2D eigenvalue weighted by molar-refractivity contribution is -0.125. The summed E-state index contributed by atoms with van der Waals surface area (Å²) in [5, 5.41) is 0.740. The second-order valence-corrected chi connectivity index (χ2v) is 9.14. The topological polar surface area (TPSA) is 66.0 Å². The molecule has 1 saturated heterocycles. The third-order valence-electron chi connectivity index (χ3n) is 6.43. The Morgan fingerprint density at radius 2 is 2.00 bits per heavy atom. The average molecular weight is 505 g/mol.